The topological polar surface area (TPSA) is 46.2 Å². The van der Waals surface area contributed by atoms with E-state index in [-0.39, 0.29) is 17.1 Å². The maximum atomic E-state index is 11.7. The van der Waals surface area contributed by atoms with Gasteiger partial charge in [-0.25, -0.2) is 13.1 Å². The quantitative estimate of drug-likeness (QED) is 0.903. The zero-order valence-corrected chi connectivity index (χ0v) is 13.3. The van der Waals surface area contributed by atoms with Gasteiger partial charge in [0.15, 0.2) is 0 Å². The van der Waals surface area contributed by atoms with Crippen molar-refractivity contribution in [3.63, 3.8) is 0 Å². The van der Waals surface area contributed by atoms with E-state index in [1.807, 2.05) is 19.1 Å². The predicted octanol–water partition coefficient (Wildman–Crippen LogP) is 3.03. The van der Waals surface area contributed by atoms with Crippen LogP contribution in [0.4, 0.5) is 0 Å². The summed E-state index contributed by atoms with van der Waals surface area (Å²) >= 11 is 0. The Morgan fingerprint density at radius 1 is 1.16 bits per heavy atom. The fraction of sp³-hybridized carbons (Fsp3) is 0.600. The molecule has 0 amide bonds. The Bertz CT molecular complexity index is 498. The fourth-order valence-corrected chi connectivity index (χ4v) is 3.42. The highest BCUT2D eigenvalue weighted by molar-refractivity contribution is 7.89. The Balaban J connectivity index is 2.82. The number of sulfonamides is 1. The lowest BCUT2D eigenvalue weighted by Crippen LogP contribution is -2.28. The molecule has 1 N–H and O–H groups in total. The Morgan fingerprint density at radius 3 is 2.11 bits per heavy atom. The van der Waals surface area contributed by atoms with Gasteiger partial charge < -0.3 is 0 Å². The van der Waals surface area contributed by atoms with Crippen LogP contribution in [0.25, 0.3) is 0 Å². The van der Waals surface area contributed by atoms with E-state index < -0.39 is 10.0 Å². The van der Waals surface area contributed by atoms with Crippen molar-refractivity contribution in [2.45, 2.75) is 46.0 Å². The molecule has 1 aromatic carbocycles. The maximum Gasteiger partial charge on any atom is 0.212 e. The molecule has 0 bridgehead atoms. The molecule has 0 aliphatic rings. The van der Waals surface area contributed by atoms with Crippen LogP contribution in [0.15, 0.2) is 24.3 Å². The highest BCUT2D eigenvalue weighted by Gasteiger charge is 2.17. The summed E-state index contributed by atoms with van der Waals surface area (Å²) in [6, 6.07) is 8.25. The third kappa shape index (κ3) is 4.96. The Labute approximate surface area is 117 Å². The minimum atomic E-state index is -3.17. The average molecular weight is 283 g/mol. The van der Waals surface area contributed by atoms with Crippen molar-refractivity contribution in [2.75, 3.05) is 12.3 Å². The van der Waals surface area contributed by atoms with Gasteiger partial charge in [-0.05, 0) is 22.5 Å². The number of benzene rings is 1. The molecule has 19 heavy (non-hydrogen) atoms. The lowest BCUT2D eigenvalue weighted by atomic mass is 9.86. The monoisotopic (exact) mass is 283 g/mol. The van der Waals surface area contributed by atoms with E-state index in [9.17, 15) is 8.42 Å². The molecule has 3 nitrogen and oxygen atoms in total. The van der Waals surface area contributed by atoms with Gasteiger partial charge in [0.05, 0.1) is 5.75 Å². The van der Waals surface area contributed by atoms with Crippen molar-refractivity contribution < 1.29 is 8.42 Å². The summed E-state index contributed by atoms with van der Waals surface area (Å²) in [4.78, 5) is 0. The Hall–Kier alpha value is -0.870. The Morgan fingerprint density at radius 2 is 1.68 bits per heavy atom. The van der Waals surface area contributed by atoms with Gasteiger partial charge in [-0.3, -0.25) is 0 Å². The molecule has 1 unspecified atom stereocenters. The summed E-state index contributed by atoms with van der Waals surface area (Å²) in [5.74, 6) is 0.133. The molecule has 0 aliphatic heterocycles. The molecule has 108 valence electrons. The van der Waals surface area contributed by atoms with E-state index in [1.54, 1.807) is 6.92 Å². The molecule has 0 aliphatic carbocycles. The average Bonchev–Trinajstić information content (AvgIpc) is 2.27. The number of hydrogen-bond donors (Lipinski definition) is 1. The molecule has 0 saturated heterocycles. The molecule has 4 heteroatoms. The van der Waals surface area contributed by atoms with Crippen molar-refractivity contribution in [1.29, 1.82) is 0 Å². The van der Waals surface area contributed by atoms with E-state index in [0.29, 0.717) is 6.54 Å². The maximum absolute atomic E-state index is 11.7. The first-order valence-corrected chi connectivity index (χ1v) is 8.38. The van der Waals surface area contributed by atoms with E-state index >= 15 is 0 Å². The largest absolute Gasteiger partial charge is 0.215 e. The lowest BCUT2D eigenvalue weighted by Gasteiger charge is -2.20. The van der Waals surface area contributed by atoms with Crippen LogP contribution in [0.2, 0.25) is 0 Å². The van der Waals surface area contributed by atoms with E-state index in [4.69, 9.17) is 0 Å². The highest BCUT2D eigenvalue weighted by atomic mass is 32.2. The molecule has 1 rings (SSSR count). The number of rotatable bonds is 5. The number of nitrogens with one attached hydrogen (secondary N) is 1. The van der Waals surface area contributed by atoms with Gasteiger partial charge in [-0.2, -0.15) is 0 Å². The zero-order chi connectivity index (χ0) is 14.7. The van der Waals surface area contributed by atoms with Crippen LogP contribution in [0, 0.1) is 0 Å². The third-order valence-corrected chi connectivity index (χ3v) is 4.85. The van der Waals surface area contributed by atoms with Crippen molar-refractivity contribution in [3.8, 4) is 0 Å². The predicted molar refractivity (Wildman–Crippen MR) is 81.0 cm³/mol. The van der Waals surface area contributed by atoms with Crippen LogP contribution in [-0.4, -0.2) is 20.7 Å². The van der Waals surface area contributed by atoms with Gasteiger partial charge in [-0.1, -0.05) is 58.9 Å². The minimum Gasteiger partial charge on any atom is -0.215 e. The highest BCUT2D eigenvalue weighted by Crippen LogP contribution is 2.24. The van der Waals surface area contributed by atoms with Crippen LogP contribution in [0.5, 0.6) is 0 Å². The molecule has 0 aromatic heterocycles. The summed E-state index contributed by atoms with van der Waals surface area (Å²) in [5.41, 5.74) is 2.45. The first kappa shape index (κ1) is 16.2. The second kappa shape index (κ2) is 6.06. The van der Waals surface area contributed by atoms with Gasteiger partial charge in [0, 0.05) is 6.54 Å². The van der Waals surface area contributed by atoms with E-state index in [1.165, 1.54) is 5.56 Å². The first-order valence-electron chi connectivity index (χ1n) is 6.73. The SMILES string of the molecule is CCNS(=O)(=O)CC(C)c1ccc(C(C)(C)C)cc1. The van der Waals surface area contributed by atoms with Gasteiger partial charge in [-0.15, -0.1) is 0 Å². The zero-order valence-electron chi connectivity index (χ0n) is 12.5. The van der Waals surface area contributed by atoms with Crippen LogP contribution >= 0.6 is 0 Å². The number of hydrogen-bond acceptors (Lipinski definition) is 2. The normalized spacial score (nSPS) is 14.4. The summed E-state index contributed by atoms with van der Waals surface area (Å²) in [6.45, 7) is 10.7. The van der Waals surface area contributed by atoms with Crippen molar-refractivity contribution >= 4 is 10.0 Å². The van der Waals surface area contributed by atoms with Crippen molar-refractivity contribution in [2.24, 2.45) is 0 Å². The standard InChI is InChI=1S/C15H25NO2S/c1-6-16-19(17,18)11-12(2)13-7-9-14(10-8-13)15(3,4)5/h7-10,12,16H,6,11H2,1-5H3. The van der Waals surface area contributed by atoms with E-state index in [2.05, 4.69) is 37.6 Å². The van der Waals surface area contributed by atoms with Crippen LogP contribution < -0.4 is 4.72 Å². The lowest BCUT2D eigenvalue weighted by molar-refractivity contribution is 0.577. The van der Waals surface area contributed by atoms with Crippen molar-refractivity contribution in [3.05, 3.63) is 35.4 Å². The molecule has 0 saturated carbocycles. The Kier molecular flexibility index (Phi) is 5.16. The van der Waals surface area contributed by atoms with Crippen LogP contribution in [0.1, 0.15) is 51.7 Å². The molecule has 0 spiro atoms. The molecular formula is C15H25NO2S. The van der Waals surface area contributed by atoms with Gasteiger partial charge in [0.2, 0.25) is 10.0 Å². The second-order valence-corrected chi connectivity index (χ2v) is 7.90. The van der Waals surface area contributed by atoms with Crippen LogP contribution in [0.3, 0.4) is 0 Å². The summed E-state index contributed by atoms with van der Waals surface area (Å²) in [5, 5.41) is 0. The third-order valence-electron chi connectivity index (χ3n) is 3.18. The van der Waals surface area contributed by atoms with Gasteiger partial charge in [0.1, 0.15) is 0 Å². The molecule has 1 atom stereocenters. The molecular weight excluding hydrogens is 258 g/mol. The molecule has 0 radical (unpaired) electrons. The summed E-state index contributed by atoms with van der Waals surface area (Å²) in [6.07, 6.45) is 0. The summed E-state index contributed by atoms with van der Waals surface area (Å²) in [7, 11) is -3.17. The second-order valence-electron chi connectivity index (χ2n) is 6.05. The smallest absolute Gasteiger partial charge is 0.212 e. The van der Waals surface area contributed by atoms with Gasteiger partial charge >= 0.3 is 0 Å². The van der Waals surface area contributed by atoms with Crippen LogP contribution in [-0.2, 0) is 15.4 Å². The summed E-state index contributed by atoms with van der Waals surface area (Å²) < 4.78 is 26.0. The fourth-order valence-electron chi connectivity index (χ4n) is 2.02. The van der Waals surface area contributed by atoms with Crippen molar-refractivity contribution in [1.82, 2.24) is 4.72 Å². The molecule has 1 aromatic rings. The first-order chi connectivity index (χ1) is 8.65. The van der Waals surface area contributed by atoms with Gasteiger partial charge in [0.25, 0.3) is 0 Å². The molecule has 0 heterocycles. The molecule has 0 fully saturated rings. The minimum absolute atomic E-state index is 0.00179. The van der Waals surface area contributed by atoms with E-state index in [0.717, 1.165) is 5.56 Å².